The van der Waals surface area contributed by atoms with Crippen LogP contribution in [0.4, 0.5) is 5.69 Å². The molecule has 0 aromatic heterocycles. The average molecular weight is 276 g/mol. The molecule has 0 heterocycles. The molecule has 1 rings (SSSR count). The van der Waals surface area contributed by atoms with E-state index < -0.39 is 0 Å². The molecule has 0 aliphatic rings. The molecule has 1 aromatic carbocycles. The Morgan fingerprint density at radius 1 is 1.43 bits per heavy atom. The first-order valence-corrected chi connectivity index (χ1v) is 5.46. The Labute approximate surface area is 97.3 Å². The molecule has 0 saturated carbocycles. The maximum Gasteiger partial charge on any atom is 0.102 e. The molecule has 76 valence electrons. The van der Waals surface area contributed by atoms with Crippen molar-refractivity contribution in [3.05, 3.63) is 27.7 Å². The van der Waals surface area contributed by atoms with Gasteiger partial charge < -0.3 is 5.73 Å². The Balaban J connectivity index is 3.02. The number of rotatable bonds is 2. The minimum atomic E-state index is 0.243. The van der Waals surface area contributed by atoms with Gasteiger partial charge in [0, 0.05) is 15.4 Å². The summed E-state index contributed by atoms with van der Waals surface area (Å²) >= 11 is 9.22. The topological polar surface area (TPSA) is 38.4 Å². The fourth-order valence-corrected chi connectivity index (χ4v) is 1.72. The van der Waals surface area contributed by atoms with Gasteiger partial charge in [-0.15, -0.1) is 0 Å². The Bertz CT molecular complexity index is 341. The van der Waals surface area contributed by atoms with Gasteiger partial charge in [-0.1, -0.05) is 41.4 Å². The third kappa shape index (κ3) is 3.31. The largest absolute Gasteiger partial charge is 0.387 e. The average Bonchev–Trinajstić information content (AvgIpc) is 2.01. The molecule has 0 radical (unpaired) electrons. The van der Waals surface area contributed by atoms with Crippen molar-refractivity contribution >= 4 is 39.1 Å². The summed E-state index contributed by atoms with van der Waals surface area (Å²) in [7, 11) is 0. The van der Waals surface area contributed by atoms with E-state index in [-0.39, 0.29) is 5.92 Å². The predicted octanol–water partition coefficient (Wildman–Crippen LogP) is 3.75. The molecule has 0 aliphatic heterocycles. The van der Waals surface area contributed by atoms with Crippen LogP contribution in [-0.2, 0) is 0 Å². The molecular weight excluding hydrogens is 263 g/mol. The summed E-state index contributed by atoms with van der Waals surface area (Å²) in [5, 5.41) is 0.648. The van der Waals surface area contributed by atoms with Crippen molar-refractivity contribution < 1.29 is 0 Å². The SMILES string of the molecule is CC(C)C(N)=Nc1cc(Cl)cc(Br)c1. The van der Waals surface area contributed by atoms with Gasteiger partial charge in [0.1, 0.15) is 5.84 Å². The second-order valence-corrected chi connectivity index (χ2v) is 4.67. The van der Waals surface area contributed by atoms with E-state index in [0.29, 0.717) is 10.9 Å². The van der Waals surface area contributed by atoms with Crippen LogP contribution >= 0.6 is 27.5 Å². The Hall–Kier alpha value is -0.540. The summed E-state index contributed by atoms with van der Waals surface area (Å²) in [5.41, 5.74) is 6.51. The lowest BCUT2D eigenvalue weighted by Crippen LogP contribution is -2.17. The van der Waals surface area contributed by atoms with E-state index in [1.165, 1.54) is 0 Å². The highest BCUT2D eigenvalue weighted by Crippen LogP contribution is 2.25. The van der Waals surface area contributed by atoms with Crippen LogP contribution < -0.4 is 5.73 Å². The molecule has 0 saturated heterocycles. The number of nitrogens with two attached hydrogens (primary N) is 1. The van der Waals surface area contributed by atoms with Gasteiger partial charge in [0.25, 0.3) is 0 Å². The first kappa shape index (κ1) is 11.5. The second-order valence-electron chi connectivity index (χ2n) is 3.32. The molecule has 4 heteroatoms. The molecule has 2 N–H and O–H groups in total. The predicted molar refractivity (Wildman–Crippen MR) is 65.3 cm³/mol. The van der Waals surface area contributed by atoms with Crippen molar-refractivity contribution in [3.8, 4) is 0 Å². The summed E-state index contributed by atoms with van der Waals surface area (Å²) in [6.07, 6.45) is 0. The van der Waals surface area contributed by atoms with Crippen molar-refractivity contribution in [1.82, 2.24) is 0 Å². The minimum Gasteiger partial charge on any atom is -0.387 e. The number of halogens is 2. The second kappa shape index (κ2) is 4.80. The molecule has 2 nitrogen and oxygen atoms in total. The molecule has 0 spiro atoms. The van der Waals surface area contributed by atoms with Crippen molar-refractivity contribution in [2.75, 3.05) is 0 Å². The van der Waals surface area contributed by atoms with Crippen molar-refractivity contribution in [2.24, 2.45) is 16.6 Å². The van der Waals surface area contributed by atoms with E-state index in [2.05, 4.69) is 20.9 Å². The van der Waals surface area contributed by atoms with Crippen LogP contribution in [0.2, 0.25) is 5.02 Å². The fourth-order valence-electron chi connectivity index (χ4n) is 0.882. The third-order valence-electron chi connectivity index (χ3n) is 1.70. The quantitative estimate of drug-likeness (QED) is 0.648. The zero-order valence-corrected chi connectivity index (χ0v) is 10.4. The molecule has 0 bridgehead atoms. The van der Waals surface area contributed by atoms with Crippen LogP contribution in [0.5, 0.6) is 0 Å². The fraction of sp³-hybridized carbons (Fsp3) is 0.300. The van der Waals surface area contributed by atoms with Crippen molar-refractivity contribution in [3.63, 3.8) is 0 Å². The summed E-state index contributed by atoms with van der Waals surface area (Å²) in [5.74, 6) is 0.854. The van der Waals surface area contributed by atoms with Gasteiger partial charge in [0.15, 0.2) is 0 Å². The molecule has 0 amide bonds. The lowest BCUT2D eigenvalue weighted by Gasteiger charge is -2.04. The van der Waals surface area contributed by atoms with Crippen LogP contribution in [0.3, 0.4) is 0 Å². The zero-order chi connectivity index (χ0) is 10.7. The van der Waals surface area contributed by atoms with Crippen molar-refractivity contribution in [1.29, 1.82) is 0 Å². The highest BCUT2D eigenvalue weighted by Gasteiger charge is 2.01. The summed E-state index contributed by atoms with van der Waals surface area (Å²) < 4.78 is 0.903. The molecular formula is C10H12BrClN2. The molecule has 0 atom stereocenters. The number of aliphatic imine (C=N–C) groups is 1. The van der Waals surface area contributed by atoms with Gasteiger partial charge in [0.2, 0.25) is 0 Å². The van der Waals surface area contributed by atoms with Gasteiger partial charge in [-0.25, -0.2) is 4.99 Å². The Morgan fingerprint density at radius 2 is 2.07 bits per heavy atom. The molecule has 0 fully saturated rings. The third-order valence-corrected chi connectivity index (χ3v) is 2.37. The first-order valence-electron chi connectivity index (χ1n) is 4.29. The number of benzene rings is 1. The van der Waals surface area contributed by atoms with Crippen LogP contribution in [-0.4, -0.2) is 5.84 Å². The summed E-state index contributed by atoms with van der Waals surface area (Å²) in [4.78, 5) is 4.26. The maximum atomic E-state index is 5.87. The Kier molecular flexibility index (Phi) is 3.96. The molecule has 1 aromatic rings. The lowest BCUT2D eigenvalue weighted by atomic mass is 10.2. The molecule has 14 heavy (non-hydrogen) atoms. The van der Waals surface area contributed by atoms with Crippen molar-refractivity contribution in [2.45, 2.75) is 13.8 Å². The van der Waals surface area contributed by atoms with Gasteiger partial charge >= 0.3 is 0 Å². The smallest absolute Gasteiger partial charge is 0.102 e. The monoisotopic (exact) mass is 274 g/mol. The molecule has 0 unspecified atom stereocenters. The van der Waals surface area contributed by atoms with E-state index in [1.54, 1.807) is 6.07 Å². The van der Waals surface area contributed by atoms with E-state index >= 15 is 0 Å². The lowest BCUT2D eigenvalue weighted by molar-refractivity contribution is 0.873. The highest BCUT2D eigenvalue weighted by atomic mass is 79.9. The van der Waals surface area contributed by atoms with Crippen LogP contribution in [0.15, 0.2) is 27.7 Å². The summed E-state index contributed by atoms with van der Waals surface area (Å²) in [6.45, 7) is 4.00. The van der Waals surface area contributed by atoms with Crippen LogP contribution in [0.25, 0.3) is 0 Å². The summed E-state index contributed by atoms with van der Waals surface area (Å²) in [6, 6.07) is 5.47. The zero-order valence-electron chi connectivity index (χ0n) is 8.09. The van der Waals surface area contributed by atoms with Crippen LogP contribution in [0, 0.1) is 5.92 Å². The minimum absolute atomic E-state index is 0.243. The first-order chi connectivity index (χ1) is 6.49. The standard InChI is InChI=1S/C10H12BrClN2/c1-6(2)10(13)14-9-4-7(11)3-8(12)5-9/h3-6H,1-2H3,(H2,13,14). The van der Waals surface area contributed by atoms with Gasteiger partial charge in [0.05, 0.1) is 5.69 Å². The van der Waals surface area contributed by atoms with Gasteiger partial charge in [-0.05, 0) is 18.2 Å². The Morgan fingerprint density at radius 3 is 2.57 bits per heavy atom. The highest BCUT2D eigenvalue weighted by molar-refractivity contribution is 9.10. The molecule has 0 aliphatic carbocycles. The number of nitrogens with zero attached hydrogens (tertiary/aromatic N) is 1. The van der Waals surface area contributed by atoms with E-state index in [9.17, 15) is 0 Å². The van der Waals surface area contributed by atoms with Gasteiger partial charge in [-0.3, -0.25) is 0 Å². The van der Waals surface area contributed by atoms with E-state index in [1.807, 2.05) is 26.0 Å². The van der Waals surface area contributed by atoms with E-state index in [4.69, 9.17) is 17.3 Å². The normalized spacial score (nSPS) is 12.2. The van der Waals surface area contributed by atoms with Crippen LogP contribution in [0.1, 0.15) is 13.8 Å². The number of hydrogen-bond acceptors (Lipinski definition) is 1. The van der Waals surface area contributed by atoms with E-state index in [0.717, 1.165) is 10.2 Å². The maximum absolute atomic E-state index is 5.87. The number of amidine groups is 1. The van der Waals surface area contributed by atoms with Gasteiger partial charge in [-0.2, -0.15) is 0 Å². The number of hydrogen-bond donors (Lipinski definition) is 1.